The van der Waals surface area contributed by atoms with Crippen LogP contribution in [0.4, 0.5) is 10.5 Å². The molecule has 0 unspecified atom stereocenters. The average molecular weight is 563 g/mol. The number of para-hydroxylation sites is 1. The van der Waals surface area contributed by atoms with Crippen LogP contribution in [0.3, 0.4) is 0 Å². The zero-order valence-corrected chi connectivity index (χ0v) is 25.2. The molecule has 0 atom stereocenters. The summed E-state index contributed by atoms with van der Waals surface area (Å²) in [5, 5.41) is 3.60. The molecule has 1 N–H and O–H groups in total. The second-order valence-corrected chi connectivity index (χ2v) is 11.8. The van der Waals surface area contributed by atoms with Crippen molar-refractivity contribution in [2.75, 3.05) is 19.4 Å². The molecule has 0 aliphatic carbocycles. The number of allylic oxidation sites excluding steroid dienone is 1. The second kappa shape index (κ2) is 13.5. The summed E-state index contributed by atoms with van der Waals surface area (Å²) >= 11 is 0. The summed E-state index contributed by atoms with van der Waals surface area (Å²) in [6, 6.07) is 11.1. The van der Waals surface area contributed by atoms with Crippen molar-refractivity contribution in [2.45, 2.75) is 72.4 Å². The zero-order chi connectivity index (χ0) is 30.3. The first-order chi connectivity index (χ1) is 19.3. The summed E-state index contributed by atoms with van der Waals surface area (Å²) in [4.78, 5) is 52.4. The molecule has 0 saturated heterocycles. The van der Waals surface area contributed by atoms with Crippen LogP contribution in [0.25, 0.3) is 10.9 Å². The Morgan fingerprint density at radius 2 is 1.83 bits per heavy atom. The second-order valence-electron chi connectivity index (χ2n) is 11.8. The number of fused-ring (bicyclic) bond motifs is 1. The van der Waals surface area contributed by atoms with Crippen LogP contribution < -0.4 is 10.9 Å². The minimum absolute atomic E-state index is 0.110. The van der Waals surface area contributed by atoms with E-state index in [1.165, 1.54) is 15.5 Å². The number of unbranched alkanes of at least 4 members (excludes halogenated alkanes) is 1. The van der Waals surface area contributed by atoms with Gasteiger partial charge in [0.25, 0.3) is 5.56 Å². The molecule has 0 aliphatic heterocycles. The van der Waals surface area contributed by atoms with Crippen molar-refractivity contribution in [3.05, 3.63) is 76.4 Å². The number of aromatic nitrogens is 2. The van der Waals surface area contributed by atoms with Crippen molar-refractivity contribution >= 4 is 34.5 Å². The van der Waals surface area contributed by atoms with Crippen molar-refractivity contribution < 1.29 is 19.1 Å². The number of carbonyl (C=O) groups is 3. The highest BCUT2D eigenvalue weighted by Gasteiger charge is 2.24. The molecule has 3 rings (SSSR count). The first-order valence-corrected chi connectivity index (χ1v) is 14.0. The molecule has 2 heterocycles. The number of hydrogen-bond donors (Lipinski definition) is 1. The number of pyridine rings is 1. The van der Waals surface area contributed by atoms with E-state index in [-0.39, 0.29) is 36.0 Å². The Hall–Kier alpha value is -4.14. The van der Waals surface area contributed by atoms with Crippen molar-refractivity contribution in [1.29, 1.82) is 0 Å². The first kappa shape index (κ1) is 31.4. The third kappa shape index (κ3) is 8.67. The smallest absolute Gasteiger partial charge is 0.419 e. The molecule has 0 fully saturated rings. The van der Waals surface area contributed by atoms with Gasteiger partial charge in [-0.3, -0.25) is 14.4 Å². The van der Waals surface area contributed by atoms with E-state index in [4.69, 9.17) is 4.74 Å². The zero-order valence-electron chi connectivity index (χ0n) is 25.2. The molecule has 0 saturated carbocycles. The Labute approximate surface area is 241 Å². The Morgan fingerprint density at radius 1 is 1.10 bits per heavy atom. The van der Waals surface area contributed by atoms with Gasteiger partial charge in [0.05, 0.1) is 17.8 Å². The number of anilines is 1. The Balaban J connectivity index is 1.86. The fraction of sp³-hybridized carbons (Fsp3) is 0.438. The summed E-state index contributed by atoms with van der Waals surface area (Å²) in [5.74, 6) is -0.0139. The van der Waals surface area contributed by atoms with Crippen LogP contribution in [0.1, 0.15) is 65.1 Å². The van der Waals surface area contributed by atoms with Gasteiger partial charge in [0.15, 0.2) is 0 Å². The average Bonchev–Trinajstić information content (AvgIpc) is 3.24. The van der Waals surface area contributed by atoms with Gasteiger partial charge >= 0.3 is 6.09 Å². The lowest BCUT2D eigenvalue weighted by atomic mass is 10.0. The summed E-state index contributed by atoms with van der Waals surface area (Å²) < 4.78 is 8.82. The third-order valence-electron chi connectivity index (χ3n) is 6.29. The summed E-state index contributed by atoms with van der Waals surface area (Å²) in [7, 11) is 3.35. The summed E-state index contributed by atoms with van der Waals surface area (Å²) in [5.41, 5.74) is 1.51. The lowest BCUT2D eigenvalue weighted by molar-refractivity contribution is -0.123. The van der Waals surface area contributed by atoms with E-state index in [1.54, 1.807) is 43.1 Å². The van der Waals surface area contributed by atoms with E-state index < -0.39 is 11.7 Å². The van der Waals surface area contributed by atoms with Crippen LogP contribution in [-0.2, 0) is 27.3 Å². The van der Waals surface area contributed by atoms with Crippen molar-refractivity contribution in [1.82, 2.24) is 14.0 Å². The molecule has 2 amide bonds. The van der Waals surface area contributed by atoms with Crippen LogP contribution in [-0.4, -0.2) is 51.6 Å². The number of nitrogens with one attached hydrogen (secondary N) is 1. The number of hydrogen-bond acceptors (Lipinski definition) is 5. The van der Waals surface area contributed by atoms with E-state index in [9.17, 15) is 19.2 Å². The van der Waals surface area contributed by atoms with Gasteiger partial charge < -0.3 is 19.5 Å². The van der Waals surface area contributed by atoms with Crippen LogP contribution in [0.15, 0.2) is 59.5 Å². The number of amides is 2. The normalized spacial score (nSPS) is 11.8. The lowest BCUT2D eigenvalue weighted by Crippen LogP contribution is -2.30. The molecule has 1 aromatic carbocycles. The maximum atomic E-state index is 13.5. The number of benzene rings is 1. The van der Waals surface area contributed by atoms with Gasteiger partial charge in [0.2, 0.25) is 11.8 Å². The van der Waals surface area contributed by atoms with Gasteiger partial charge in [0.1, 0.15) is 11.3 Å². The standard InChI is InChI=1S/C32H42N4O5/c1-22(2)19-23-13-11-14-24-20-25(36(29(23)24)31(40)41-32(3,4)5)21-35-18-12-15-26(30(35)39)33-27(37)16-9-8-10-17-28(38)34(6)7/h10-15,17-18,20,22H,8-9,16,19,21H2,1-7H3,(H,33,37)/b17-10+. The molecule has 2 aromatic heterocycles. The molecule has 9 heteroatoms. The van der Waals surface area contributed by atoms with E-state index in [1.807, 2.05) is 45.0 Å². The molecular formula is C32H42N4O5. The monoisotopic (exact) mass is 562 g/mol. The topological polar surface area (TPSA) is 103 Å². The van der Waals surface area contributed by atoms with Crippen LogP contribution in [0.2, 0.25) is 0 Å². The summed E-state index contributed by atoms with van der Waals surface area (Å²) in [6.45, 7) is 9.83. The Kier molecular flexibility index (Phi) is 10.3. The number of likely N-dealkylation sites (N-methyl/N-ethyl adjacent to an activating group) is 1. The van der Waals surface area contributed by atoms with Gasteiger partial charge in [-0.05, 0) is 75.8 Å². The lowest BCUT2D eigenvalue weighted by Gasteiger charge is -2.22. The van der Waals surface area contributed by atoms with Crippen molar-refractivity contribution in [3.8, 4) is 0 Å². The molecule has 41 heavy (non-hydrogen) atoms. The van der Waals surface area contributed by atoms with Gasteiger partial charge in [-0.1, -0.05) is 38.1 Å². The van der Waals surface area contributed by atoms with E-state index in [0.717, 1.165) is 22.9 Å². The van der Waals surface area contributed by atoms with Gasteiger partial charge in [0, 0.05) is 32.1 Å². The molecule has 0 aliphatic rings. The largest absolute Gasteiger partial charge is 0.443 e. The molecule has 0 bridgehead atoms. The van der Waals surface area contributed by atoms with Crippen molar-refractivity contribution in [2.24, 2.45) is 5.92 Å². The summed E-state index contributed by atoms with van der Waals surface area (Å²) in [6.07, 6.45) is 6.46. The SMILES string of the molecule is CC(C)Cc1cccc2cc(Cn3cccc(NC(=O)CCC/C=C/C(=O)N(C)C)c3=O)n(C(=O)OC(C)(C)C)c12. The molecule has 9 nitrogen and oxygen atoms in total. The van der Waals surface area contributed by atoms with E-state index >= 15 is 0 Å². The highest BCUT2D eigenvalue weighted by Crippen LogP contribution is 2.27. The number of carbonyl (C=O) groups excluding carboxylic acids is 3. The third-order valence-corrected chi connectivity index (χ3v) is 6.29. The van der Waals surface area contributed by atoms with Gasteiger partial charge in [-0.25, -0.2) is 9.36 Å². The molecule has 0 radical (unpaired) electrons. The van der Waals surface area contributed by atoms with E-state index in [0.29, 0.717) is 24.5 Å². The molecular weight excluding hydrogens is 520 g/mol. The predicted molar refractivity (Wildman–Crippen MR) is 162 cm³/mol. The van der Waals surface area contributed by atoms with Crippen molar-refractivity contribution in [3.63, 3.8) is 0 Å². The quantitative estimate of drug-likeness (QED) is 0.257. The number of rotatable bonds is 10. The minimum Gasteiger partial charge on any atom is -0.443 e. The van der Waals surface area contributed by atoms with Crippen LogP contribution in [0, 0.1) is 5.92 Å². The molecule has 3 aromatic rings. The Morgan fingerprint density at radius 3 is 2.49 bits per heavy atom. The fourth-order valence-corrected chi connectivity index (χ4v) is 4.48. The van der Waals surface area contributed by atoms with Crippen LogP contribution >= 0.6 is 0 Å². The molecule has 0 spiro atoms. The van der Waals surface area contributed by atoms with Gasteiger partial charge in [-0.15, -0.1) is 0 Å². The fourth-order valence-electron chi connectivity index (χ4n) is 4.48. The first-order valence-electron chi connectivity index (χ1n) is 14.0. The maximum absolute atomic E-state index is 13.5. The van der Waals surface area contributed by atoms with Crippen LogP contribution in [0.5, 0.6) is 0 Å². The van der Waals surface area contributed by atoms with Gasteiger partial charge in [-0.2, -0.15) is 0 Å². The maximum Gasteiger partial charge on any atom is 0.419 e. The minimum atomic E-state index is -0.698. The molecule has 220 valence electrons. The highest BCUT2D eigenvalue weighted by atomic mass is 16.6. The Bertz CT molecular complexity index is 1490. The van der Waals surface area contributed by atoms with E-state index in [2.05, 4.69) is 19.2 Å². The predicted octanol–water partition coefficient (Wildman–Crippen LogP) is 5.59. The number of nitrogens with zero attached hydrogens (tertiary/aromatic N) is 3. The highest BCUT2D eigenvalue weighted by molar-refractivity contribution is 5.93. The number of ether oxygens (including phenoxy) is 1.